The fraction of sp³-hybridized carbons (Fsp3) is 0.462. The molecular formula is C13H17NO2S. The minimum atomic E-state index is -0.0166. The Morgan fingerprint density at radius 3 is 2.76 bits per heavy atom. The highest BCUT2D eigenvalue weighted by molar-refractivity contribution is 7.80. The molecule has 1 fully saturated rings. The van der Waals surface area contributed by atoms with E-state index in [4.69, 9.17) is 4.74 Å². The van der Waals surface area contributed by atoms with Crippen molar-refractivity contribution < 1.29 is 9.53 Å². The van der Waals surface area contributed by atoms with Gasteiger partial charge in [0.05, 0.1) is 6.61 Å². The van der Waals surface area contributed by atoms with Crippen LogP contribution in [0.4, 0.5) is 0 Å². The molecule has 92 valence electrons. The van der Waals surface area contributed by atoms with Gasteiger partial charge in [0.2, 0.25) is 0 Å². The van der Waals surface area contributed by atoms with Crippen LogP contribution in [0.1, 0.15) is 23.7 Å². The van der Waals surface area contributed by atoms with E-state index >= 15 is 0 Å². The van der Waals surface area contributed by atoms with Crippen LogP contribution in [0, 0.1) is 5.92 Å². The number of hydrogen-bond donors (Lipinski definition) is 2. The van der Waals surface area contributed by atoms with Crippen molar-refractivity contribution in [2.45, 2.75) is 24.3 Å². The summed E-state index contributed by atoms with van der Waals surface area (Å²) in [4.78, 5) is 12.9. The van der Waals surface area contributed by atoms with E-state index in [2.05, 4.69) is 24.9 Å². The van der Waals surface area contributed by atoms with Crippen LogP contribution in [0.5, 0.6) is 0 Å². The Morgan fingerprint density at radius 1 is 1.41 bits per heavy atom. The number of nitrogens with one attached hydrogen (secondary N) is 1. The quantitative estimate of drug-likeness (QED) is 0.790. The number of rotatable bonds is 2. The third-order valence-electron chi connectivity index (χ3n) is 3.09. The van der Waals surface area contributed by atoms with Crippen molar-refractivity contribution in [3.8, 4) is 0 Å². The lowest BCUT2D eigenvalue weighted by Gasteiger charge is -2.29. The van der Waals surface area contributed by atoms with Gasteiger partial charge in [-0.25, -0.2) is 0 Å². The van der Waals surface area contributed by atoms with Gasteiger partial charge in [-0.2, -0.15) is 0 Å². The first-order chi connectivity index (χ1) is 8.16. The number of amides is 1. The van der Waals surface area contributed by atoms with Gasteiger partial charge < -0.3 is 10.1 Å². The summed E-state index contributed by atoms with van der Waals surface area (Å²) in [7, 11) is 0. The van der Waals surface area contributed by atoms with Crippen LogP contribution in [0.25, 0.3) is 0 Å². The molecule has 0 aromatic heterocycles. The second-order valence-electron chi connectivity index (χ2n) is 4.47. The fourth-order valence-electron chi connectivity index (χ4n) is 1.96. The molecule has 2 unspecified atom stereocenters. The van der Waals surface area contributed by atoms with E-state index < -0.39 is 0 Å². The van der Waals surface area contributed by atoms with Crippen molar-refractivity contribution in [2.24, 2.45) is 5.92 Å². The summed E-state index contributed by atoms with van der Waals surface area (Å²) in [6, 6.07) is 7.45. The molecule has 0 aliphatic carbocycles. The zero-order valence-electron chi connectivity index (χ0n) is 9.85. The average Bonchev–Trinajstić information content (AvgIpc) is 2.33. The molecule has 1 saturated heterocycles. The van der Waals surface area contributed by atoms with Crippen LogP contribution in [-0.4, -0.2) is 25.2 Å². The molecule has 4 heteroatoms. The van der Waals surface area contributed by atoms with E-state index in [-0.39, 0.29) is 11.9 Å². The highest BCUT2D eigenvalue weighted by Gasteiger charge is 2.23. The largest absolute Gasteiger partial charge is 0.381 e. The van der Waals surface area contributed by atoms with Gasteiger partial charge in [-0.15, -0.1) is 12.6 Å². The number of benzene rings is 1. The molecule has 0 spiro atoms. The van der Waals surface area contributed by atoms with Crippen LogP contribution >= 0.6 is 12.6 Å². The van der Waals surface area contributed by atoms with Gasteiger partial charge in [-0.3, -0.25) is 4.79 Å². The molecule has 0 radical (unpaired) electrons. The van der Waals surface area contributed by atoms with Crippen LogP contribution in [0.2, 0.25) is 0 Å². The van der Waals surface area contributed by atoms with Crippen molar-refractivity contribution in [1.82, 2.24) is 5.32 Å². The Balaban J connectivity index is 1.98. The van der Waals surface area contributed by atoms with E-state index in [1.165, 1.54) is 0 Å². The van der Waals surface area contributed by atoms with Crippen molar-refractivity contribution in [2.75, 3.05) is 13.2 Å². The number of carbonyl (C=O) groups excluding carboxylic acids is 1. The zero-order valence-corrected chi connectivity index (χ0v) is 10.7. The highest BCUT2D eigenvalue weighted by atomic mass is 32.1. The van der Waals surface area contributed by atoms with Gasteiger partial charge in [-0.05, 0) is 36.6 Å². The molecule has 0 bridgehead atoms. The monoisotopic (exact) mass is 251 g/mol. The second-order valence-corrected chi connectivity index (χ2v) is 4.98. The van der Waals surface area contributed by atoms with Crippen LogP contribution < -0.4 is 5.32 Å². The Bertz CT molecular complexity index is 391. The maximum absolute atomic E-state index is 12.0. The molecule has 2 rings (SSSR count). The van der Waals surface area contributed by atoms with Crippen molar-refractivity contribution in [1.29, 1.82) is 0 Å². The minimum absolute atomic E-state index is 0.0166. The third-order valence-corrected chi connectivity index (χ3v) is 3.38. The van der Waals surface area contributed by atoms with E-state index in [1.54, 1.807) is 12.1 Å². The molecule has 1 aromatic rings. The zero-order chi connectivity index (χ0) is 12.3. The Morgan fingerprint density at radius 2 is 2.12 bits per heavy atom. The second kappa shape index (κ2) is 5.56. The van der Waals surface area contributed by atoms with Crippen molar-refractivity contribution in [3.63, 3.8) is 0 Å². The molecular weight excluding hydrogens is 234 g/mol. The molecule has 3 nitrogen and oxygen atoms in total. The summed E-state index contributed by atoms with van der Waals surface area (Å²) < 4.78 is 5.35. The number of hydrogen-bond acceptors (Lipinski definition) is 3. The van der Waals surface area contributed by atoms with E-state index in [1.807, 2.05) is 12.1 Å². The van der Waals surface area contributed by atoms with Crippen LogP contribution in [-0.2, 0) is 4.74 Å². The Labute approximate surface area is 107 Å². The SMILES string of the molecule is CC1COCCC1NC(=O)c1ccc(S)cc1. The van der Waals surface area contributed by atoms with Crippen LogP contribution in [0.3, 0.4) is 0 Å². The number of carbonyl (C=O) groups is 1. The van der Waals surface area contributed by atoms with Gasteiger partial charge >= 0.3 is 0 Å². The predicted molar refractivity (Wildman–Crippen MR) is 69.5 cm³/mol. The van der Waals surface area contributed by atoms with Gasteiger partial charge in [0.1, 0.15) is 0 Å². The maximum atomic E-state index is 12.0. The average molecular weight is 251 g/mol. The summed E-state index contributed by atoms with van der Waals surface area (Å²) in [6.45, 7) is 3.55. The third kappa shape index (κ3) is 3.23. The van der Waals surface area contributed by atoms with E-state index in [0.717, 1.165) is 24.5 Å². The summed E-state index contributed by atoms with van der Waals surface area (Å²) in [6.07, 6.45) is 0.886. The first kappa shape index (κ1) is 12.5. The summed E-state index contributed by atoms with van der Waals surface area (Å²) in [5, 5.41) is 3.06. The number of ether oxygens (including phenoxy) is 1. The van der Waals surface area contributed by atoms with Crippen molar-refractivity contribution in [3.05, 3.63) is 29.8 Å². The van der Waals surface area contributed by atoms with E-state index in [9.17, 15) is 4.79 Å². The first-order valence-corrected chi connectivity index (χ1v) is 6.29. The molecule has 0 saturated carbocycles. The van der Waals surface area contributed by atoms with Crippen molar-refractivity contribution >= 4 is 18.5 Å². The van der Waals surface area contributed by atoms with Gasteiger partial charge in [0.15, 0.2) is 0 Å². The summed E-state index contributed by atoms with van der Waals surface area (Å²) in [5.74, 6) is 0.355. The lowest BCUT2D eigenvalue weighted by Crippen LogP contribution is -2.44. The summed E-state index contributed by atoms with van der Waals surface area (Å²) in [5.41, 5.74) is 0.682. The topological polar surface area (TPSA) is 38.3 Å². The molecule has 2 atom stereocenters. The fourth-order valence-corrected chi connectivity index (χ4v) is 2.11. The lowest BCUT2D eigenvalue weighted by atomic mass is 9.97. The molecule has 1 heterocycles. The minimum Gasteiger partial charge on any atom is -0.381 e. The number of thiol groups is 1. The predicted octanol–water partition coefficient (Wildman–Crippen LogP) is 2.13. The smallest absolute Gasteiger partial charge is 0.251 e. The molecule has 1 N–H and O–H groups in total. The Hall–Kier alpha value is -1.00. The molecule has 1 amide bonds. The highest BCUT2D eigenvalue weighted by Crippen LogP contribution is 2.15. The molecule has 1 aromatic carbocycles. The standard InChI is InChI=1S/C13H17NO2S/c1-9-8-16-7-6-12(9)14-13(15)10-2-4-11(17)5-3-10/h2-5,9,12,17H,6-8H2,1H3,(H,14,15). The van der Waals surface area contributed by atoms with Gasteiger partial charge in [-0.1, -0.05) is 6.92 Å². The Kier molecular flexibility index (Phi) is 4.07. The maximum Gasteiger partial charge on any atom is 0.251 e. The molecule has 17 heavy (non-hydrogen) atoms. The first-order valence-electron chi connectivity index (χ1n) is 5.84. The normalized spacial score (nSPS) is 24.4. The lowest BCUT2D eigenvalue weighted by molar-refractivity contribution is 0.0375. The van der Waals surface area contributed by atoms with E-state index in [0.29, 0.717) is 11.5 Å². The van der Waals surface area contributed by atoms with Gasteiger partial charge in [0, 0.05) is 23.1 Å². The van der Waals surface area contributed by atoms with Crippen LogP contribution in [0.15, 0.2) is 29.2 Å². The molecule has 1 aliphatic heterocycles. The molecule has 1 aliphatic rings. The van der Waals surface area contributed by atoms with Gasteiger partial charge in [0.25, 0.3) is 5.91 Å². The summed E-state index contributed by atoms with van der Waals surface area (Å²) >= 11 is 4.20.